The molecule has 0 amide bonds. The minimum atomic E-state index is 0.443. The zero-order valence-corrected chi connectivity index (χ0v) is 10.4. The van der Waals surface area contributed by atoms with E-state index >= 15 is 0 Å². The smallest absolute Gasteiger partial charge is 0.111 e. The summed E-state index contributed by atoms with van der Waals surface area (Å²) >= 11 is 0. The molecule has 1 aromatic heterocycles. The second kappa shape index (κ2) is 4.79. The average Bonchev–Trinajstić information content (AvgIpc) is 2.54. The van der Waals surface area contributed by atoms with Crippen molar-refractivity contribution in [3.8, 4) is 23.4 Å². The molecule has 1 heterocycles. The van der Waals surface area contributed by atoms with E-state index in [1.807, 2.05) is 30.3 Å². The van der Waals surface area contributed by atoms with Crippen LogP contribution in [0.2, 0.25) is 0 Å². The van der Waals surface area contributed by atoms with Gasteiger partial charge < -0.3 is 0 Å². The third-order valence-corrected chi connectivity index (χ3v) is 3.05. The third kappa shape index (κ3) is 1.86. The van der Waals surface area contributed by atoms with E-state index in [-0.39, 0.29) is 0 Å². The van der Waals surface area contributed by atoms with Crippen LogP contribution in [0.25, 0.3) is 22.2 Å². The topological polar surface area (TPSA) is 73.4 Å². The van der Waals surface area contributed by atoms with Gasteiger partial charge in [-0.1, -0.05) is 30.3 Å². The summed E-state index contributed by atoms with van der Waals surface area (Å²) in [7, 11) is 0. The van der Waals surface area contributed by atoms with E-state index in [2.05, 4.69) is 22.3 Å². The van der Waals surface area contributed by atoms with Gasteiger partial charge in [0.25, 0.3) is 0 Å². The summed E-state index contributed by atoms with van der Waals surface area (Å²) in [5.41, 5.74) is 2.93. The summed E-state index contributed by atoms with van der Waals surface area (Å²) in [6, 6.07) is 18.7. The molecule has 3 rings (SSSR count). The number of benzene rings is 2. The molecule has 0 radical (unpaired) electrons. The predicted octanol–water partition coefficient (Wildman–Crippen LogP) is 3.04. The maximum absolute atomic E-state index is 9.44. The van der Waals surface area contributed by atoms with Crippen LogP contribution in [0.15, 0.2) is 48.5 Å². The van der Waals surface area contributed by atoms with Crippen molar-refractivity contribution in [2.45, 2.75) is 0 Å². The number of fused-ring (bicyclic) bond motifs is 1. The minimum Gasteiger partial charge on any atom is -0.192 e. The highest BCUT2D eigenvalue weighted by molar-refractivity contribution is 5.90. The molecule has 4 heteroatoms. The monoisotopic (exact) mass is 256 g/mol. The molecule has 0 fully saturated rings. The van der Waals surface area contributed by atoms with Gasteiger partial charge in [0.05, 0.1) is 22.7 Å². The van der Waals surface area contributed by atoms with E-state index in [1.165, 1.54) is 0 Å². The maximum atomic E-state index is 9.44. The fraction of sp³-hybridized carbons (Fsp3) is 0. The Bertz CT molecular complexity index is 871. The minimum absolute atomic E-state index is 0.443. The van der Waals surface area contributed by atoms with Crippen molar-refractivity contribution in [2.24, 2.45) is 0 Å². The van der Waals surface area contributed by atoms with Gasteiger partial charge in [0, 0.05) is 10.9 Å². The highest BCUT2D eigenvalue weighted by Gasteiger charge is 2.12. The molecule has 92 valence electrons. The molecular weight excluding hydrogens is 248 g/mol. The Morgan fingerprint density at radius 3 is 2.35 bits per heavy atom. The lowest BCUT2D eigenvalue weighted by Crippen LogP contribution is -1.95. The van der Waals surface area contributed by atoms with Gasteiger partial charge in [-0.25, -0.2) is 0 Å². The Balaban J connectivity index is 2.36. The number of rotatable bonds is 1. The van der Waals surface area contributed by atoms with Gasteiger partial charge in [-0.3, -0.25) is 0 Å². The molecule has 0 N–H and O–H groups in total. The molecule has 0 unspecified atom stereocenters. The number of nitriles is 2. The van der Waals surface area contributed by atoms with Crippen LogP contribution in [0.3, 0.4) is 0 Å². The van der Waals surface area contributed by atoms with E-state index in [4.69, 9.17) is 5.26 Å². The first-order valence-electron chi connectivity index (χ1n) is 5.99. The normalized spacial score (nSPS) is 9.90. The highest BCUT2D eigenvalue weighted by Crippen LogP contribution is 2.26. The van der Waals surface area contributed by atoms with Crippen LogP contribution in [0, 0.1) is 22.7 Å². The van der Waals surface area contributed by atoms with Crippen LogP contribution in [0.5, 0.6) is 0 Å². The molecule has 0 bridgehead atoms. The molecule has 0 saturated heterocycles. The summed E-state index contributed by atoms with van der Waals surface area (Å²) in [5.74, 6) is 0. The molecule has 20 heavy (non-hydrogen) atoms. The number of aromatic nitrogens is 2. The van der Waals surface area contributed by atoms with Gasteiger partial charge in [-0.2, -0.15) is 10.5 Å². The molecule has 2 aromatic carbocycles. The van der Waals surface area contributed by atoms with Gasteiger partial charge in [0.15, 0.2) is 0 Å². The second-order valence-electron chi connectivity index (χ2n) is 4.25. The van der Waals surface area contributed by atoms with Crippen LogP contribution in [0.1, 0.15) is 11.1 Å². The van der Waals surface area contributed by atoms with Crippen LogP contribution in [-0.2, 0) is 0 Å². The standard InChI is InChI=1S/C16H8N4/c17-9-11-6-7-15-13(8-11)14(10-18)16(20-19-15)12-4-2-1-3-5-12/h1-8H. The number of nitrogens with zero attached hydrogens (tertiary/aromatic N) is 4. The first kappa shape index (κ1) is 11.8. The summed E-state index contributed by atoms with van der Waals surface area (Å²) < 4.78 is 0. The Labute approximate surface area is 115 Å². The van der Waals surface area contributed by atoms with Gasteiger partial charge in [-0.15, -0.1) is 10.2 Å². The zero-order chi connectivity index (χ0) is 13.9. The molecule has 0 atom stereocenters. The lowest BCUT2D eigenvalue weighted by molar-refractivity contribution is 1.08. The quantitative estimate of drug-likeness (QED) is 0.670. The fourth-order valence-electron chi connectivity index (χ4n) is 2.09. The average molecular weight is 256 g/mol. The lowest BCUT2D eigenvalue weighted by atomic mass is 10.0. The van der Waals surface area contributed by atoms with Crippen molar-refractivity contribution in [1.82, 2.24) is 10.2 Å². The Morgan fingerprint density at radius 2 is 1.65 bits per heavy atom. The van der Waals surface area contributed by atoms with E-state index in [0.29, 0.717) is 27.7 Å². The van der Waals surface area contributed by atoms with Crippen molar-refractivity contribution in [1.29, 1.82) is 10.5 Å². The molecule has 3 aromatic rings. The predicted molar refractivity (Wildman–Crippen MR) is 74.4 cm³/mol. The number of hydrogen-bond donors (Lipinski definition) is 0. The fourth-order valence-corrected chi connectivity index (χ4v) is 2.09. The van der Waals surface area contributed by atoms with Crippen molar-refractivity contribution >= 4 is 10.9 Å². The van der Waals surface area contributed by atoms with Gasteiger partial charge in [0.2, 0.25) is 0 Å². The summed E-state index contributed by atoms with van der Waals surface area (Å²) in [4.78, 5) is 0. The van der Waals surface area contributed by atoms with Crippen molar-refractivity contribution in [3.05, 3.63) is 59.7 Å². The Hall–Kier alpha value is -3.24. The largest absolute Gasteiger partial charge is 0.192 e. The van der Waals surface area contributed by atoms with Crippen molar-refractivity contribution in [2.75, 3.05) is 0 Å². The molecule has 0 aliphatic carbocycles. The third-order valence-electron chi connectivity index (χ3n) is 3.05. The van der Waals surface area contributed by atoms with Gasteiger partial charge in [0.1, 0.15) is 11.8 Å². The summed E-state index contributed by atoms with van der Waals surface area (Å²) in [6.07, 6.45) is 0. The molecule has 0 aliphatic rings. The molecule has 0 spiro atoms. The van der Waals surface area contributed by atoms with Crippen molar-refractivity contribution < 1.29 is 0 Å². The highest BCUT2D eigenvalue weighted by atomic mass is 15.1. The SMILES string of the molecule is N#Cc1ccc2nnc(-c3ccccc3)c(C#N)c2c1. The van der Waals surface area contributed by atoms with Gasteiger partial charge in [-0.05, 0) is 18.2 Å². The van der Waals surface area contributed by atoms with E-state index < -0.39 is 0 Å². The maximum Gasteiger partial charge on any atom is 0.111 e. The Kier molecular flexibility index (Phi) is 2.84. The van der Waals surface area contributed by atoms with E-state index in [9.17, 15) is 5.26 Å². The number of hydrogen-bond acceptors (Lipinski definition) is 4. The van der Waals surface area contributed by atoms with Crippen LogP contribution in [-0.4, -0.2) is 10.2 Å². The second-order valence-corrected chi connectivity index (χ2v) is 4.25. The van der Waals surface area contributed by atoms with Crippen LogP contribution in [0.4, 0.5) is 0 Å². The van der Waals surface area contributed by atoms with Gasteiger partial charge >= 0.3 is 0 Å². The summed E-state index contributed by atoms with van der Waals surface area (Å²) in [6.45, 7) is 0. The first-order valence-corrected chi connectivity index (χ1v) is 5.99. The van der Waals surface area contributed by atoms with Crippen molar-refractivity contribution in [3.63, 3.8) is 0 Å². The first-order chi connectivity index (χ1) is 9.83. The van der Waals surface area contributed by atoms with Crippen LogP contribution >= 0.6 is 0 Å². The lowest BCUT2D eigenvalue weighted by Gasteiger charge is -2.05. The molecule has 0 saturated carbocycles. The molecule has 0 aliphatic heterocycles. The zero-order valence-electron chi connectivity index (χ0n) is 10.4. The van der Waals surface area contributed by atoms with E-state index in [1.54, 1.807) is 18.2 Å². The van der Waals surface area contributed by atoms with Crippen LogP contribution < -0.4 is 0 Å². The Morgan fingerprint density at radius 1 is 0.850 bits per heavy atom. The molecular formula is C16H8N4. The van der Waals surface area contributed by atoms with E-state index in [0.717, 1.165) is 5.56 Å². The summed E-state index contributed by atoms with van der Waals surface area (Å²) in [5, 5.41) is 27.4. The molecule has 4 nitrogen and oxygen atoms in total.